The maximum absolute atomic E-state index is 12.6. The molecule has 8 heteroatoms. The van der Waals surface area contributed by atoms with E-state index in [1.165, 1.54) is 0 Å². The Balaban J connectivity index is 1.23. The van der Waals surface area contributed by atoms with Crippen molar-refractivity contribution in [1.82, 2.24) is 24.6 Å². The molecule has 2 fully saturated rings. The lowest BCUT2D eigenvalue weighted by atomic mass is 10.0. The largest absolute Gasteiger partial charge is 0.347 e. The maximum Gasteiger partial charge on any atom is 0.347 e. The number of carbonyl (C=O) groups is 1. The second-order valence-electron chi connectivity index (χ2n) is 9.35. The third-order valence-corrected chi connectivity index (χ3v) is 6.97. The SMILES string of the molecule is O=C(C1CC1)N1CCC(Cc2n[nH]c(=O)n2-c2ccc(-c3ccc4cc[nH]c(=O)c4c3)cc2)C1. The van der Waals surface area contributed by atoms with Crippen LogP contribution in [0, 0.1) is 11.8 Å². The van der Waals surface area contributed by atoms with Crippen LogP contribution in [0.25, 0.3) is 27.6 Å². The Kier molecular flexibility index (Phi) is 4.94. The summed E-state index contributed by atoms with van der Waals surface area (Å²) in [6.07, 6.45) is 5.25. The Morgan fingerprint density at radius 2 is 1.79 bits per heavy atom. The third kappa shape index (κ3) is 3.75. The van der Waals surface area contributed by atoms with Crippen LogP contribution in [-0.4, -0.2) is 43.6 Å². The van der Waals surface area contributed by atoms with Crippen molar-refractivity contribution >= 4 is 16.7 Å². The topological polar surface area (TPSA) is 104 Å². The summed E-state index contributed by atoms with van der Waals surface area (Å²) >= 11 is 0. The molecule has 0 spiro atoms. The Hall–Kier alpha value is -3.94. The molecule has 4 aromatic rings. The average Bonchev–Trinajstić information content (AvgIpc) is 3.50. The number of fused-ring (bicyclic) bond motifs is 1. The number of amides is 1. The number of H-pyrrole nitrogens is 2. The number of aromatic nitrogens is 4. The van der Waals surface area contributed by atoms with Crippen molar-refractivity contribution in [1.29, 1.82) is 0 Å². The summed E-state index contributed by atoms with van der Waals surface area (Å²) in [4.78, 5) is 41.8. The lowest BCUT2D eigenvalue weighted by Crippen LogP contribution is -2.30. The van der Waals surface area contributed by atoms with Crippen molar-refractivity contribution in [2.45, 2.75) is 25.7 Å². The van der Waals surface area contributed by atoms with E-state index in [1.54, 1.807) is 10.8 Å². The highest BCUT2D eigenvalue weighted by molar-refractivity contribution is 5.86. The van der Waals surface area contributed by atoms with Crippen LogP contribution >= 0.6 is 0 Å². The second-order valence-corrected chi connectivity index (χ2v) is 9.35. The number of likely N-dealkylation sites (tertiary alicyclic amines) is 1. The standard InChI is InChI=1S/C26H25N5O3/c32-24-22-14-20(4-1-18(22)9-11-27-24)17-5-7-21(8-6-17)31-23(28-29-26(31)34)13-16-10-12-30(15-16)25(33)19-2-3-19/h1,4-9,11,14,16,19H,2-3,10,12-13,15H2,(H,27,32)(H,29,34). The van der Waals surface area contributed by atoms with E-state index in [0.717, 1.165) is 54.6 Å². The van der Waals surface area contributed by atoms with Gasteiger partial charge in [0.15, 0.2) is 0 Å². The fraction of sp³-hybridized carbons (Fsp3) is 0.308. The van der Waals surface area contributed by atoms with Gasteiger partial charge >= 0.3 is 5.69 Å². The number of nitrogens with zero attached hydrogens (tertiary/aromatic N) is 3. The van der Waals surface area contributed by atoms with Crippen molar-refractivity contribution in [2.75, 3.05) is 13.1 Å². The van der Waals surface area contributed by atoms with Crippen LogP contribution in [0.1, 0.15) is 25.1 Å². The van der Waals surface area contributed by atoms with Gasteiger partial charge in [-0.05, 0) is 66.0 Å². The molecule has 34 heavy (non-hydrogen) atoms. The normalized spacial score (nSPS) is 18.0. The summed E-state index contributed by atoms with van der Waals surface area (Å²) < 4.78 is 1.61. The Bertz CT molecular complexity index is 1490. The van der Waals surface area contributed by atoms with E-state index in [0.29, 0.717) is 23.5 Å². The van der Waals surface area contributed by atoms with Gasteiger partial charge in [0.1, 0.15) is 5.82 Å². The second kappa shape index (κ2) is 8.13. The van der Waals surface area contributed by atoms with Crippen LogP contribution in [0.4, 0.5) is 0 Å². The first-order chi connectivity index (χ1) is 16.6. The van der Waals surface area contributed by atoms with E-state index in [4.69, 9.17) is 0 Å². The van der Waals surface area contributed by atoms with Crippen molar-refractivity contribution < 1.29 is 4.79 Å². The van der Waals surface area contributed by atoms with Gasteiger partial charge in [0.25, 0.3) is 5.56 Å². The highest BCUT2D eigenvalue weighted by atomic mass is 16.2. The molecule has 3 heterocycles. The van der Waals surface area contributed by atoms with Crippen LogP contribution in [-0.2, 0) is 11.2 Å². The molecule has 0 radical (unpaired) electrons. The molecule has 0 bridgehead atoms. The van der Waals surface area contributed by atoms with Crippen LogP contribution < -0.4 is 11.2 Å². The van der Waals surface area contributed by atoms with Gasteiger partial charge in [-0.1, -0.05) is 24.3 Å². The summed E-state index contributed by atoms with van der Waals surface area (Å²) in [6.45, 7) is 1.52. The lowest BCUT2D eigenvalue weighted by Gasteiger charge is -2.16. The van der Waals surface area contributed by atoms with Crippen molar-refractivity contribution in [3.63, 3.8) is 0 Å². The summed E-state index contributed by atoms with van der Waals surface area (Å²) in [6, 6.07) is 15.4. The molecule has 8 nitrogen and oxygen atoms in total. The predicted octanol–water partition coefficient (Wildman–Crippen LogP) is 2.87. The molecule has 1 amide bonds. The zero-order valence-electron chi connectivity index (χ0n) is 18.7. The quantitative estimate of drug-likeness (QED) is 0.483. The predicted molar refractivity (Wildman–Crippen MR) is 129 cm³/mol. The van der Waals surface area contributed by atoms with Crippen LogP contribution in [0.2, 0.25) is 0 Å². The van der Waals surface area contributed by atoms with E-state index in [2.05, 4.69) is 15.2 Å². The molecule has 2 N–H and O–H groups in total. The number of nitrogens with one attached hydrogen (secondary N) is 2. The summed E-state index contributed by atoms with van der Waals surface area (Å²) in [7, 11) is 0. The maximum atomic E-state index is 12.6. The van der Waals surface area contributed by atoms with E-state index in [1.807, 2.05) is 53.4 Å². The minimum atomic E-state index is -0.274. The molecule has 1 aliphatic heterocycles. The van der Waals surface area contributed by atoms with Gasteiger partial charge in [0.05, 0.1) is 5.69 Å². The van der Waals surface area contributed by atoms with Gasteiger partial charge < -0.3 is 9.88 Å². The molecule has 1 saturated heterocycles. The monoisotopic (exact) mass is 455 g/mol. The molecule has 1 unspecified atom stereocenters. The minimum absolute atomic E-state index is 0.116. The van der Waals surface area contributed by atoms with Crippen LogP contribution in [0.15, 0.2) is 64.3 Å². The van der Waals surface area contributed by atoms with Gasteiger partial charge in [0.2, 0.25) is 5.91 Å². The minimum Gasteiger partial charge on any atom is -0.342 e. The van der Waals surface area contributed by atoms with E-state index in [9.17, 15) is 14.4 Å². The molecule has 2 aromatic heterocycles. The molecule has 6 rings (SSSR count). The molecule has 1 atom stereocenters. The number of rotatable bonds is 5. The number of carbonyl (C=O) groups excluding carboxylic acids is 1. The number of pyridine rings is 1. The van der Waals surface area contributed by atoms with Gasteiger partial charge in [0, 0.05) is 37.0 Å². The van der Waals surface area contributed by atoms with E-state index >= 15 is 0 Å². The number of hydrogen-bond donors (Lipinski definition) is 2. The Morgan fingerprint density at radius 3 is 2.59 bits per heavy atom. The van der Waals surface area contributed by atoms with E-state index in [-0.39, 0.29) is 23.1 Å². The van der Waals surface area contributed by atoms with Gasteiger partial charge in [-0.3, -0.25) is 9.59 Å². The van der Waals surface area contributed by atoms with Gasteiger partial charge in [-0.2, -0.15) is 5.10 Å². The zero-order chi connectivity index (χ0) is 23.2. The first-order valence-corrected chi connectivity index (χ1v) is 11.7. The molecule has 1 aliphatic carbocycles. The smallest absolute Gasteiger partial charge is 0.342 e. The number of hydrogen-bond acceptors (Lipinski definition) is 4. The fourth-order valence-electron chi connectivity index (χ4n) is 4.94. The highest BCUT2D eigenvalue weighted by Gasteiger charge is 2.36. The summed E-state index contributed by atoms with van der Waals surface area (Å²) in [5, 5.41) is 8.40. The Morgan fingerprint density at radius 1 is 1.00 bits per heavy atom. The molecular formula is C26H25N5O3. The first kappa shape index (κ1) is 20.7. The molecular weight excluding hydrogens is 430 g/mol. The Labute approximate surface area is 195 Å². The van der Waals surface area contributed by atoms with Crippen LogP contribution in [0.5, 0.6) is 0 Å². The van der Waals surface area contributed by atoms with E-state index < -0.39 is 0 Å². The zero-order valence-corrected chi connectivity index (χ0v) is 18.7. The van der Waals surface area contributed by atoms with Crippen molar-refractivity contribution in [2.24, 2.45) is 11.8 Å². The molecule has 1 saturated carbocycles. The van der Waals surface area contributed by atoms with Crippen molar-refractivity contribution in [3.8, 4) is 16.8 Å². The van der Waals surface area contributed by atoms with Crippen molar-refractivity contribution in [3.05, 3.63) is 81.4 Å². The molecule has 2 aromatic carbocycles. The number of benzene rings is 2. The molecule has 2 aliphatic rings. The average molecular weight is 456 g/mol. The lowest BCUT2D eigenvalue weighted by molar-refractivity contribution is -0.131. The molecule has 172 valence electrons. The van der Waals surface area contributed by atoms with Gasteiger partial charge in [-0.25, -0.2) is 14.5 Å². The van der Waals surface area contributed by atoms with Crippen LogP contribution in [0.3, 0.4) is 0 Å². The van der Waals surface area contributed by atoms with Gasteiger partial charge in [-0.15, -0.1) is 0 Å². The number of aromatic amines is 2. The third-order valence-electron chi connectivity index (χ3n) is 6.97. The first-order valence-electron chi connectivity index (χ1n) is 11.7. The highest BCUT2D eigenvalue weighted by Crippen LogP contribution is 2.33. The summed E-state index contributed by atoms with van der Waals surface area (Å²) in [5.41, 5.74) is 2.23. The summed E-state index contributed by atoms with van der Waals surface area (Å²) in [5.74, 6) is 1.50. The fourth-order valence-corrected chi connectivity index (χ4v) is 4.94.